The van der Waals surface area contributed by atoms with Gasteiger partial charge in [0.1, 0.15) is 0 Å². The number of thiophene rings is 1. The summed E-state index contributed by atoms with van der Waals surface area (Å²) in [6.07, 6.45) is 2.57. The summed E-state index contributed by atoms with van der Waals surface area (Å²) in [5.41, 5.74) is 0. The quantitative estimate of drug-likeness (QED) is 0.901. The van der Waals surface area contributed by atoms with Crippen molar-refractivity contribution in [2.75, 3.05) is 39.3 Å². The lowest BCUT2D eigenvalue weighted by Gasteiger charge is -2.37. The Balaban J connectivity index is 1.45. The molecule has 0 unspecified atom stereocenters. The van der Waals surface area contributed by atoms with E-state index >= 15 is 0 Å². The monoisotopic (exact) mass is 307 g/mol. The van der Waals surface area contributed by atoms with Gasteiger partial charge in [0.15, 0.2) is 0 Å². The number of nitrogens with zero attached hydrogens (tertiary/aromatic N) is 2. The molecule has 3 heterocycles. The molecule has 0 amide bonds. The van der Waals surface area contributed by atoms with Crippen LogP contribution in [0.25, 0.3) is 0 Å². The van der Waals surface area contributed by atoms with Crippen LogP contribution in [0.3, 0.4) is 0 Å². The molecule has 1 atom stereocenters. The van der Waals surface area contributed by atoms with Gasteiger partial charge in [-0.15, -0.1) is 11.3 Å². The normalized spacial score (nSPS) is 25.0. The van der Waals surface area contributed by atoms with Crippen LogP contribution in [0.5, 0.6) is 0 Å². The van der Waals surface area contributed by atoms with Crippen molar-refractivity contribution in [1.82, 2.24) is 15.1 Å². The molecule has 3 rings (SSSR count). The smallest absolute Gasteiger partial charge is 0.0329 e. The molecule has 118 valence electrons. The molecule has 4 heteroatoms. The molecule has 2 aliphatic heterocycles. The number of rotatable bonds is 5. The maximum atomic E-state index is 3.49. The lowest BCUT2D eigenvalue weighted by molar-refractivity contribution is 0.0988. The van der Waals surface area contributed by atoms with Crippen molar-refractivity contribution in [2.45, 2.75) is 39.3 Å². The summed E-state index contributed by atoms with van der Waals surface area (Å²) < 4.78 is 0. The predicted molar refractivity (Wildman–Crippen MR) is 91.0 cm³/mol. The Morgan fingerprint density at radius 2 is 1.95 bits per heavy atom. The summed E-state index contributed by atoms with van der Waals surface area (Å²) in [5.74, 6) is 0.764. The van der Waals surface area contributed by atoms with E-state index in [0.29, 0.717) is 0 Å². The van der Waals surface area contributed by atoms with Crippen LogP contribution in [-0.2, 0) is 13.0 Å². The third kappa shape index (κ3) is 4.28. The minimum atomic E-state index is 0.764. The van der Waals surface area contributed by atoms with Crippen molar-refractivity contribution in [3.05, 3.63) is 21.9 Å². The molecule has 0 radical (unpaired) electrons. The fourth-order valence-corrected chi connectivity index (χ4v) is 4.75. The van der Waals surface area contributed by atoms with E-state index in [0.717, 1.165) is 18.5 Å². The lowest BCUT2D eigenvalue weighted by atomic mass is 10.1. The van der Waals surface area contributed by atoms with Gasteiger partial charge < -0.3 is 5.32 Å². The largest absolute Gasteiger partial charge is 0.315 e. The van der Waals surface area contributed by atoms with E-state index < -0.39 is 0 Å². The van der Waals surface area contributed by atoms with Gasteiger partial charge in [-0.3, -0.25) is 9.80 Å². The number of hydrogen-bond donors (Lipinski definition) is 1. The minimum absolute atomic E-state index is 0.764. The van der Waals surface area contributed by atoms with Crippen LogP contribution < -0.4 is 5.32 Å². The average molecular weight is 308 g/mol. The minimum Gasteiger partial charge on any atom is -0.315 e. The molecule has 0 bridgehead atoms. The molecule has 3 nitrogen and oxygen atoms in total. The van der Waals surface area contributed by atoms with Crippen molar-refractivity contribution in [1.29, 1.82) is 0 Å². The Morgan fingerprint density at radius 1 is 1.19 bits per heavy atom. The van der Waals surface area contributed by atoms with E-state index in [9.17, 15) is 0 Å². The van der Waals surface area contributed by atoms with Crippen LogP contribution in [0.2, 0.25) is 0 Å². The molecule has 1 aromatic heterocycles. The summed E-state index contributed by atoms with van der Waals surface area (Å²) in [6.45, 7) is 13.1. The molecule has 2 aliphatic rings. The van der Waals surface area contributed by atoms with Crippen molar-refractivity contribution in [3.63, 3.8) is 0 Å². The summed E-state index contributed by atoms with van der Waals surface area (Å²) in [4.78, 5) is 8.41. The van der Waals surface area contributed by atoms with Crippen molar-refractivity contribution in [3.8, 4) is 0 Å². The van der Waals surface area contributed by atoms with E-state index in [-0.39, 0.29) is 0 Å². The topological polar surface area (TPSA) is 18.5 Å². The van der Waals surface area contributed by atoms with E-state index in [1.54, 1.807) is 9.75 Å². The third-order valence-corrected chi connectivity index (χ3v) is 5.76. The molecule has 1 N–H and O–H groups in total. The van der Waals surface area contributed by atoms with Gasteiger partial charge >= 0.3 is 0 Å². The molecule has 21 heavy (non-hydrogen) atoms. The second-order valence-electron chi connectivity index (χ2n) is 6.92. The second-order valence-corrected chi connectivity index (χ2v) is 8.18. The van der Waals surface area contributed by atoms with Gasteiger partial charge in [-0.05, 0) is 37.4 Å². The van der Waals surface area contributed by atoms with Crippen LogP contribution in [-0.4, -0.2) is 55.1 Å². The molecule has 1 aromatic rings. The van der Waals surface area contributed by atoms with E-state index in [1.807, 2.05) is 11.3 Å². The number of hydrogen-bond acceptors (Lipinski definition) is 4. The van der Waals surface area contributed by atoms with Crippen LogP contribution in [0.1, 0.15) is 30.0 Å². The first-order chi connectivity index (χ1) is 10.2. The van der Waals surface area contributed by atoms with Crippen LogP contribution in [0, 0.1) is 5.92 Å². The van der Waals surface area contributed by atoms with Gasteiger partial charge in [0, 0.05) is 55.1 Å². The standard InChI is InChI=1S/C17H29N3S/c1-14(2)11-16-3-4-17(21-16)13-19-7-9-20(10-8-19)15-5-6-18-12-15/h3-4,14-15,18H,5-13H2,1-2H3/t15-/m1/s1. The van der Waals surface area contributed by atoms with E-state index in [1.165, 1.54) is 52.1 Å². The molecule has 0 spiro atoms. The van der Waals surface area contributed by atoms with Crippen molar-refractivity contribution < 1.29 is 0 Å². The highest BCUT2D eigenvalue weighted by Gasteiger charge is 2.25. The molecule has 2 fully saturated rings. The van der Waals surface area contributed by atoms with Gasteiger partial charge in [-0.2, -0.15) is 0 Å². The Labute approximate surface area is 133 Å². The van der Waals surface area contributed by atoms with Crippen molar-refractivity contribution in [2.24, 2.45) is 5.92 Å². The Bertz CT molecular complexity index is 429. The highest BCUT2D eigenvalue weighted by molar-refractivity contribution is 7.11. The summed E-state index contributed by atoms with van der Waals surface area (Å²) >= 11 is 2.02. The van der Waals surface area contributed by atoms with Gasteiger partial charge in [-0.25, -0.2) is 0 Å². The number of nitrogens with one attached hydrogen (secondary N) is 1. The molecule has 0 aliphatic carbocycles. The highest BCUT2D eigenvalue weighted by Crippen LogP contribution is 2.22. The van der Waals surface area contributed by atoms with Crippen molar-refractivity contribution >= 4 is 11.3 Å². The molecule has 2 saturated heterocycles. The Morgan fingerprint density at radius 3 is 2.62 bits per heavy atom. The zero-order chi connectivity index (χ0) is 14.7. The van der Waals surface area contributed by atoms with Crippen LogP contribution >= 0.6 is 11.3 Å². The van der Waals surface area contributed by atoms with E-state index in [4.69, 9.17) is 0 Å². The Hall–Kier alpha value is -0.420. The molecule has 0 aromatic carbocycles. The van der Waals surface area contributed by atoms with Gasteiger partial charge in [0.05, 0.1) is 0 Å². The number of piperazine rings is 1. The summed E-state index contributed by atoms with van der Waals surface area (Å²) in [6, 6.07) is 5.47. The third-order valence-electron chi connectivity index (χ3n) is 4.66. The first-order valence-electron chi connectivity index (χ1n) is 8.45. The highest BCUT2D eigenvalue weighted by atomic mass is 32.1. The average Bonchev–Trinajstić information content (AvgIpc) is 3.11. The first kappa shape index (κ1) is 15.5. The summed E-state index contributed by atoms with van der Waals surface area (Å²) in [7, 11) is 0. The second kappa shape index (κ2) is 7.23. The zero-order valence-corrected chi connectivity index (χ0v) is 14.3. The maximum Gasteiger partial charge on any atom is 0.0329 e. The molecule has 0 saturated carbocycles. The maximum absolute atomic E-state index is 3.49. The lowest BCUT2D eigenvalue weighted by Crippen LogP contribution is -2.50. The van der Waals surface area contributed by atoms with Gasteiger partial charge in [-0.1, -0.05) is 13.8 Å². The van der Waals surface area contributed by atoms with Crippen LogP contribution in [0.15, 0.2) is 12.1 Å². The zero-order valence-electron chi connectivity index (χ0n) is 13.5. The predicted octanol–water partition coefficient (Wildman–Crippen LogP) is 2.43. The fourth-order valence-electron chi connectivity index (χ4n) is 3.48. The van der Waals surface area contributed by atoms with Gasteiger partial charge in [0.25, 0.3) is 0 Å². The van der Waals surface area contributed by atoms with Gasteiger partial charge in [0.2, 0.25) is 0 Å². The molecular formula is C17H29N3S. The van der Waals surface area contributed by atoms with E-state index in [2.05, 4.69) is 41.1 Å². The van der Waals surface area contributed by atoms with Crippen LogP contribution in [0.4, 0.5) is 0 Å². The molecular weight excluding hydrogens is 278 g/mol. The fraction of sp³-hybridized carbons (Fsp3) is 0.765. The first-order valence-corrected chi connectivity index (χ1v) is 9.27. The SMILES string of the molecule is CC(C)Cc1ccc(CN2CCN([C@@H]3CCNC3)CC2)s1. The Kier molecular flexibility index (Phi) is 5.33. The summed E-state index contributed by atoms with van der Waals surface area (Å²) in [5, 5.41) is 3.49.